The average Bonchev–Trinajstić information content (AvgIpc) is 3.74. The Morgan fingerprint density at radius 3 is 1.21 bits per heavy atom. The van der Waals surface area contributed by atoms with E-state index in [0.29, 0.717) is 0 Å². The van der Waals surface area contributed by atoms with Gasteiger partial charge in [-0.3, -0.25) is 21.7 Å². The smallest absolute Gasteiger partial charge is 0.352 e. The Labute approximate surface area is 280 Å². The molecule has 15 heteroatoms. The van der Waals surface area contributed by atoms with Crippen molar-refractivity contribution in [1.82, 2.24) is 10.6 Å². The van der Waals surface area contributed by atoms with Crippen LogP contribution in [0.3, 0.4) is 0 Å². The molecule has 4 nitrogen and oxygen atoms in total. The molecule has 0 aliphatic heterocycles. The molecule has 0 saturated heterocycles. The number of rotatable bonds is 6. The van der Waals surface area contributed by atoms with Gasteiger partial charge >= 0.3 is 45.9 Å². The standard InChI is InChI=1S/2C11H9F5NO.2C5H5.Ti/c2*1-2-9(17-10(18)11(14,15)16)7-4-3-6(12)5-8(7)13;2*1-2-4-5-3-1;/h2*3-4,9H,2H2,1H3,(H,17,18);2*1-3H,4H2;/q4*-1;+4. The van der Waals surface area contributed by atoms with Crippen molar-refractivity contribution in [2.75, 3.05) is 0 Å². The summed E-state index contributed by atoms with van der Waals surface area (Å²) in [7, 11) is 0. The maximum Gasteiger partial charge on any atom is 4.00 e. The first kappa shape index (κ1) is 43.4. The monoisotopic (exact) mass is 710 g/mol. The largest absolute Gasteiger partial charge is 4.00 e. The van der Waals surface area contributed by atoms with Crippen molar-refractivity contribution in [3.8, 4) is 0 Å². The number of benzene rings is 2. The summed E-state index contributed by atoms with van der Waals surface area (Å²) in [5.74, 6) is -8.51. The Morgan fingerprint density at radius 2 is 1.02 bits per heavy atom. The first-order chi connectivity index (χ1) is 21.5. The topological polar surface area (TPSA) is 58.2 Å². The van der Waals surface area contributed by atoms with Crippen molar-refractivity contribution < 1.29 is 75.2 Å². The number of carbonyl (C=O) groups excluding carboxylic acids is 2. The summed E-state index contributed by atoms with van der Waals surface area (Å²) in [6.45, 7) is 2.92. The van der Waals surface area contributed by atoms with Crippen molar-refractivity contribution in [1.29, 1.82) is 0 Å². The maximum absolute atomic E-state index is 13.3. The maximum atomic E-state index is 13.3. The SMILES string of the molecule is CCC(NC(=O)C(F)(F)F)c1ccc(F)[c-]c1F.CCC(NC(=O)C(F)(F)F)c1ccc(F)[c-]c1F.[C-]1=CC=CC1.[C-]1=CC=CC1.[Ti+4]. The predicted octanol–water partition coefficient (Wildman–Crippen LogP) is 8.40. The van der Waals surface area contributed by atoms with Gasteiger partial charge in [-0.25, -0.2) is 41.9 Å². The fourth-order valence-corrected chi connectivity index (χ4v) is 3.41. The molecule has 0 bridgehead atoms. The third kappa shape index (κ3) is 16.7. The normalized spacial score (nSPS) is 13.9. The summed E-state index contributed by atoms with van der Waals surface area (Å²) in [6, 6.07) is 4.71. The van der Waals surface area contributed by atoms with Gasteiger partial charge < -0.3 is 10.6 Å². The van der Waals surface area contributed by atoms with Crippen LogP contribution in [0.5, 0.6) is 0 Å². The van der Waals surface area contributed by atoms with Gasteiger partial charge in [-0.1, -0.05) is 25.0 Å². The molecule has 2 N–H and O–H groups in total. The third-order valence-corrected chi connectivity index (χ3v) is 5.65. The quantitative estimate of drug-likeness (QED) is 0.180. The fraction of sp³-hybridized carbons (Fsp3) is 0.312. The molecule has 0 fully saturated rings. The van der Waals surface area contributed by atoms with Crippen molar-refractivity contribution in [3.63, 3.8) is 0 Å². The minimum atomic E-state index is -5.05. The summed E-state index contributed by atoms with van der Waals surface area (Å²) >= 11 is 0. The molecule has 2 amide bonds. The van der Waals surface area contributed by atoms with Crippen LogP contribution in [-0.4, -0.2) is 24.2 Å². The minimum Gasteiger partial charge on any atom is -0.352 e. The Balaban J connectivity index is 0.000000681. The van der Waals surface area contributed by atoms with Crippen LogP contribution in [0.15, 0.2) is 60.7 Å². The summed E-state index contributed by atoms with van der Waals surface area (Å²) in [5, 5.41) is 3.27. The van der Waals surface area contributed by atoms with E-state index in [1.54, 1.807) is 22.8 Å². The molecule has 2 aromatic carbocycles. The van der Waals surface area contributed by atoms with Crippen LogP contribution in [-0.2, 0) is 31.3 Å². The van der Waals surface area contributed by atoms with E-state index >= 15 is 0 Å². The fourth-order valence-electron chi connectivity index (χ4n) is 3.41. The summed E-state index contributed by atoms with van der Waals surface area (Å²) in [6.07, 6.45) is 9.96. The number of amides is 2. The Bertz CT molecular complexity index is 1280. The van der Waals surface area contributed by atoms with Gasteiger partial charge in [0.1, 0.15) is 0 Å². The zero-order valence-corrected chi connectivity index (χ0v) is 26.4. The number of carbonyl (C=O) groups is 2. The van der Waals surface area contributed by atoms with Crippen LogP contribution in [0.4, 0.5) is 43.9 Å². The van der Waals surface area contributed by atoms with E-state index in [4.69, 9.17) is 0 Å². The van der Waals surface area contributed by atoms with E-state index in [1.807, 2.05) is 24.3 Å². The Hall–Kier alpha value is -3.65. The molecule has 0 radical (unpaired) electrons. The van der Waals surface area contributed by atoms with Crippen LogP contribution in [0.25, 0.3) is 0 Å². The van der Waals surface area contributed by atoms with Crippen molar-refractivity contribution >= 4 is 11.8 Å². The number of alkyl halides is 6. The molecule has 0 heterocycles. The van der Waals surface area contributed by atoms with E-state index in [-0.39, 0.29) is 45.7 Å². The molecule has 2 aliphatic rings. The van der Waals surface area contributed by atoms with Gasteiger partial charge in [-0.05, 0) is 12.8 Å². The van der Waals surface area contributed by atoms with Gasteiger partial charge in [0.2, 0.25) is 0 Å². The molecule has 4 rings (SSSR count). The second-order valence-electron chi connectivity index (χ2n) is 9.02. The van der Waals surface area contributed by atoms with Gasteiger partial charge in [0.25, 0.3) is 0 Å². The van der Waals surface area contributed by atoms with Gasteiger partial charge in [-0.15, -0.1) is 37.1 Å². The van der Waals surface area contributed by atoms with Crippen LogP contribution in [0.2, 0.25) is 0 Å². The first-order valence-corrected chi connectivity index (χ1v) is 13.4. The Kier molecular flexibility index (Phi) is 19.6. The molecule has 0 aromatic heterocycles. The molecular formula is C32H28F10N2O2Ti. The number of hydrogen-bond acceptors (Lipinski definition) is 2. The van der Waals surface area contributed by atoms with E-state index in [2.05, 4.69) is 24.3 Å². The number of allylic oxidation sites excluding steroid dienone is 8. The molecule has 0 saturated carbocycles. The van der Waals surface area contributed by atoms with Gasteiger partial charge in [0.05, 0.1) is 0 Å². The molecule has 2 aromatic rings. The van der Waals surface area contributed by atoms with Crippen molar-refractivity contribution in [2.45, 2.75) is 64.0 Å². The first-order valence-electron chi connectivity index (χ1n) is 13.4. The van der Waals surface area contributed by atoms with Crippen LogP contribution >= 0.6 is 0 Å². The van der Waals surface area contributed by atoms with Gasteiger partial charge in [-0.2, -0.15) is 50.6 Å². The van der Waals surface area contributed by atoms with E-state index in [1.165, 1.54) is 13.8 Å². The van der Waals surface area contributed by atoms with E-state index in [9.17, 15) is 53.5 Å². The molecule has 0 spiro atoms. The van der Waals surface area contributed by atoms with Crippen LogP contribution < -0.4 is 10.6 Å². The third-order valence-electron chi connectivity index (χ3n) is 5.65. The van der Waals surface area contributed by atoms with Gasteiger partial charge in [0.15, 0.2) is 0 Å². The van der Waals surface area contributed by atoms with Crippen molar-refractivity contribution in [3.05, 3.63) is 119 Å². The zero-order chi connectivity index (χ0) is 34.9. The number of hydrogen-bond donors (Lipinski definition) is 2. The summed E-state index contributed by atoms with van der Waals surface area (Å²) < 4.78 is 124. The van der Waals surface area contributed by atoms with Crippen molar-refractivity contribution in [2.24, 2.45) is 0 Å². The minimum absolute atomic E-state index is 0. The van der Waals surface area contributed by atoms with E-state index in [0.717, 1.165) is 37.1 Å². The molecule has 2 unspecified atom stereocenters. The average molecular weight is 710 g/mol. The summed E-state index contributed by atoms with van der Waals surface area (Å²) in [4.78, 5) is 21.5. The predicted molar refractivity (Wildman–Crippen MR) is 148 cm³/mol. The molecular weight excluding hydrogens is 682 g/mol. The summed E-state index contributed by atoms with van der Waals surface area (Å²) in [5.41, 5.74) is -0.479. The van der Waals surface area contributed by atoms with Gasteiger partial charge in [0, 0.05) is 35.4 Å². The molecule has 47 heavy (non-hydrogen) atoms. The Morgan fingerprint density at radius 1 is 0.681 bits per heavy atom. The number of halogens is 10. The second-order valence-corrected chi connectivity index (χ2v) is 9.02. The van der Waals surface area contributed by atoms with Crippen LogP contribution in [0, 0.1) is 47.6 Å². The molecule has 252 valence electrons. The molecule has 2 aliphatic carbocycles. The zero-order valence-electron chi connectivity index (χ0n) is 24.9. The second kappa shape index (κ2) is 21.3. The van der Waals surface area contributed by atoms with E-state index < -0.39 is 59.5 Å². The van der Waals surface area contributed by atoms with Crippen LogP contribution in [0.1, 0.15) is 62.7 Å². The molecule has 2 atom stereocenters. The number of nitrogens with one attached hydrogen (secondary N) is 2.